The van der Waals surface area contributed by atoms with E-state index in [9.17, 15) is 5.11 Å². The van der Waals surface area contributed by atoms with Gasteiger partial charge in [0.1, 0.15) is 5.75 Å². The normalized spacial score (nSPS) is 12.6. The van der Waals surface area contributed by atoms with Crippen LogP contribution in [0.2, 0.25) is 0 Å². The number of phenolic OH excluding ortho intramolecular Hbond substituents is 1. The molecule has 0 saturated heterocycles. The number of nitrogens with zero attached hydrogens (tertiary/aromatic N) is 1. The Morgan fingerprint density at radius 1 is 0.893 bits per heavy atom. The molecule has 3 heteroatoms. The maximum Gasteiger partial charge on any atom is 0.123 e. The van der Waals surface area contributed by atoms with E-state index in [0.717, 1.165) is 29.8 Å². The van der Waals surface area contributed by atoms with E-state index in [1.807, 2.05) is 11.8 Å². The van der Waals surface area contributed by atoms with E-state index in [0.29, 0.717) is 5.75 Å². The summed E-state index contributed by atoms with van der Waals surface area (Å²) in [4.78, 5) is 1.25. The van der Waals surface area contributed by atoms with Crippen LogP contribution < -0.4 is 0 Å². The highest BCUT2D eigenvalue weighted by Gasteiger charge is 2.26. The fourth-order valence-electron chi connectivity index (χ4n) is 3.60. The first-order valence-corrected chi connectivity index (χ1v) is 11.1. The third-order valence-electron chi connectivity index (χ3n) is 5.19. The van der Waals surface area contributed by atoms with Crippen molar-refractivity contribution in [1.29, 1.82) is 0 Å². The molecule has 150 valence electrons. The van der Waals surface area contributed by atoms with Gasteiger partial charge in [0, 0.05) is 34.3 Å². The van der Waals surface area contributed by atoms with Crippen LogP contribution in [0.3, 0.4) is 0 Å². The van der Waals surface area contributed by atoms with E-state index in [2.05, 4.69) is 94.8 Å². The summed E-state index contributed by atoms with van der Waals surface area (Å²) in [5.41, 5.74) is 3.23. The summed E-state index contributed by atoms with van der Waals surface area (Å²) >= 11 is 1.89. The van der Waals surface area contributed by atoms with Gasteiger partial charge in [0.15, 0.2) is 0 Å². The van der Waals surface area contributed by atoms with Gasteiger partial charge in [-0.1, -0.05) is 59.7 Å². The number of rotatable bonds is 5. The van der Waals surface area contributed by atoms with Crippen LogP contribution in [0.15, 0.2) is 53.6 Å². The molecule has 0 fully saturated rings. The predicted octanol–water partition coefficient (Wildman–Crippen LogP) is 7.12. The van der Waals surface area contributed by atoms with Gasteiger partial charge in [-0.15, -0.1) is 11.8 Å². The topological polar surface area (TPSA) is 25.2 Å². The molecule has 1 N–H and O–H groups in total. The number of benzene rings is 2. The Bertz CT molecular complexity index is 922. The molecule has 0 aliphatic carbocycles. The van der Waals surface area contributed by atoms with E-state index in [-0.39, 0.29) is 10.8 Å². The van der Waals surface area contributed by atoms with Crippen LogP contribution in [0, 0.1) is 0 Å². The molecular formula is C25H33NOS. The van der Waals surface area contributed by atoms with Gasteiger partial charge in [-0.3, -0.25) is 0 Å². The summed E-state index contributed by atoms with van der Waals surface area (Å²) in [6, 6.07) is 15.1. The lowest BCUT2D eigenvalue weighted by Gasteiger charge is -2.28. The molecule has 0 aliphatic rings. The standard InChI is InChI=1S/C25H33NOS/c1-24(2,3)20-16-19(17-21(23(20)27)25(4,5)6)28-15-9-13-26-14-12-18-10-7-8-11-22(18)26/h7-8,10-12,14,16-17,27H,9,13,15H2,1-6H3. The second-order valence-corrected chi connectivity index (χ2v) is 10.8. The highest BCUT2D eigenvalue weighted by molar-refractivity contribution is 7.99. The number of para-hydroxylation sites is 1. The molecule has 28 heavy (non-hydrogen) atoms. The SMILES string of the molecule is CC(C)(C)c1cc(SCCCn2ccc3ccccc32)cc(C(C)(C)C)c1O. The molecule has 1 aromatic heterocycles. The minimum Gasteiger partial charge on any atom is -0.507 e. The molecule has 2 nitrogen and oxygen atoms in total. The van der Waals surface area contributed by atoms with Gasteiger partial charge in [-0.2, -0.15) is 0 Å². The van der Waals surface area contributed by atoms with Gasteiger partial charge in [0.2, 0.25) is 0 Å². The van der Waals surface area contributed by atoms with Gasteiger partial charge in [-0.25, -0.2) is 0 Å². The van der Waals surface area contributed by atoms with Crippen LogP contribution >= 0.6 is 11.8 Å². The number of aromatic hydroxyl groups is 1. The zero-order valence-electron chi connectivity index (χ0n) is 18.0. The minimum atomic E-state index is -0.0787. The largest absolute Gasteiger partial charge is 0.507 e. The monoisotopic (exact) mass is 395 g/mol. The van der Waals surface area contributed by atoms with Gasteiger partial charge < -0.3 is 9.67 Å². The van der Waals surface area contributed by atoms with Gasteiger partial charge in [0.05, 0.1) is 0 Å². The summed E-state index contributed by atoms with van der Waals surface area (Å²) in [5, 5.41) is 12.2. The van der Waals surface area contributed by atoms with E-state index >= 15 is 0 Å². The molecule has 0 atom stereocenters. The molecule has 0 aliphatic heterocycles. The number of hydrogen-bond donors (Lipinski definition) is 1. The Kier molecular flexibility index (Phi) is 5.86. The Hall–Kier alpha value is -1.87. The van der Waals surface area contributed by atoms with Crippen LogP contribution in [-0.2, 0) is 17.4 Å². The molecule has 2 aromatic carbocycles. The fourth-order valence-corrected chi connectivity index (χ4v) is 4.51. The van der Waals surface area contributed by atoms with Crippen LogP contribution in [0.5, 0.6) is 5.75 Å². The number of phenols is 1. The third-order valence-corrected chi connectivity index (χ3v) is 6.25. The zero-order valence-corrected chi connectivity index (χ0v) is 18.9. The molecule has 3 rings (SSSR count). The van der Waals surface area contributed by atoms with Crippen molar-refractivity contribution in [2.24, 2.45) is 0 Å². The lowest BCUT2D eigenvalue weighted by atomic mass is 9.79. The minimum absolute atomic E-state index is 0.0787. The first kappa shape index (κ1) is 20.9. The Morgan fingerprint density at radius 3 is 2.11 bits per heavy atom. The van der Waals surface area contributed by atoms with Crippen LogP contribution in [0.1, 0.15) is 59.1 Å². The zero-order chi connectivity index (χ0) is 20.5. The molecular weight excluding hydrogens is 362 g/mol. The Morgan fingerprint density at radius 2 is 1.50 bits per heavy atom. The van der Waals surface area contributed by atoms with E-state index in [1.54, 1.807) is 0 Å². The molecule has 3 aromatic rings. The van der Waals surface area contributed by atoms with Crippen molar-refractivity contribution < 1.29 is 5.11 Å². The number of aromatic nitrogens is 1. The van der Waals surface area contributed by atoms with Crippen LogP contribution in [0.4, 0.5) is 0 Å². The smallest absolute Gasteiger partial charge is 0.123 e. The van der Waals surface area contributed by atoms with Crippen LogP contribution in [0.25, 0.3) is 10.9 Å². The van der Waals surface area contributed by atoms with E-state index < -0.39 is 0 Å². The van der Waals surface area contributed by atoms with E-state index in [1.165, 1.54) is 15.8 Å². The van der Waals surface area contributed by atoms with E-state index in [4.69, 9.17) is 0 Å². The second kappa shape index (κ2) is 7.87. The maximum atomic E-state index is 10.9. The van der Waals surface area contributed by atoms with Crippen molar-refractivity contribution >= 4 is 22.7 Å². The summed E-state index contributed by atoms with van der Waals surface area (Å²) in [6.45, 7) is 14.0. The number of hydrogen-bond acceptors (Lipinski definition) is 2. The highest BCUT2D eigenvalue weighted by atomic mass is 32.2. The lowest BCUT2D eigenvalue weighted by molar-refractivity contribution is 0.422. The number of aryl methyl sites for hydroxylation is 1. The van der Waals surface area contributed by atoms with Gasteiger partial charge in [-0.05, 0) is 52.7 Å². The summed E-state index contributed by atoms with van der Waals surface area (Å²) < 4.78 is 2.34. The Balaban J connectivity index is 1.73. The lowest BCUT2D eigenvalue weighted by Crippen LogP contribution is -2.17. The highest BCUT2D eigenvalue weighted by Crippen LogP contribution is 2.41. The van der Waals surface area contributed by atoms with Gasteiger partial charge in [0.25, 0.3) is 0 Å². The molecule has 0 saturated carbocycles. The van der Waals surface area contributed by atoms with Crippen molar-refractivity contribution in [3.05, 3.63) is 59.8 Å². The van der Waals surface area contributed by atoms with Crippen molar-refractivity contribution in [3.8, 4) is 5.75 Å². The van der Waals surface area contributed by atoms with Crippen molar-refractivity contribution in [2.45, 2.75) is 70.2 Å². The first-order chi connectivity index (χ1) is 13.1. The van der Waals surface area contributed by atoms with Crippen LogP contribution in [-0.4, -0.2) is 15.4 Å². The molecule has 0 radical (unpaired) electrons. The molecule has 0 bridgehead atoms. The first-order valence-electron chi connectivity index (χ1n) is 10.1. The van der Waals surface area contributed by atoms with Crippen molar-refractivity contribution in [3.63, 3.8) is 0 Å². The number of thioether (sulfide) groups is 1. The second-order valence-electron chi connectivity index (χ2n) is 9.64. The third kappa shape index (κ3) is 4.57. The summed E-state index contributed by atoms with van der Waals surface area (Å²) in [6.07, 6.45) is 3.30. The fraction of sp³-hybridized carbons (Fsp3) is 0.440. The molecule has 0 unspecified atom stereocenters. The summed E-state index contributed by atoms with van der Waals surface area (Å²) in [5.74, 6) is 1.52. The maximum absolute atomic E-state index is 10.9. The molecule has 0 amide bonds. The Labute approximate surface area is 174 Å². The quantitative estimate of drug-likeness (QED) is 0.367. The van der Waals surface area contributed by atoms with Gasteiger partial charge >= 0.3 is 0 Å². The van der Waals surface area contributed by atoms with Crippen molar-refractivity contribution in [1.82, 2.24) is 4.57 Å². The average molecular weight is 396 g/mol. The molecule has 0 spiro atoms. The average Bonchev–Trinajstić information content (AvgIpc) is 3.01. The predicted molar refractivity (Wildman–Crippen MR) is 123 cm³/mol. The molecule has 1 heterocycles. The van der Waals surface area contributed by atoms with Crippen molar-refractivity contribution in [2.75, 3.05) is 5.75 Å². The summed E-state index contributed by atoms with van der Waals surface area (Å²) in [7, 11) is 0. The number of fused-ring (bicyclic) bond motifs is 1.